The lowest BCUT2D eigenvalue weighted by Gasteiger charge is -2.05. The SMILES string of the molecule is Cc1ccc(-c2cc([N+](=O)[O-])oc2C(N)=O)cc1C(N)=O. The molecule has 0 unspecified atom stereocenters. The third kappa shape index (κ3) is 2.59. The number of hydrogen-bond acceptors (Lipinski definition) is 5. The number of hydrogen-bond donors (Lipinski definition) is 2. The van der Waals surface area contributed by atoms with E-state index in [1.54, 1.807) is 19.1 Å². The molecule has 0 saturated carbocycles. The van der Waals surface area contributed by atoms with Crippen LogP contribution in [0.5, 0.6) is 0 Å². The molecule has 0 aliphatic carbocycles. The third-order valence-electron chi connectivity index (χ3n) is 2.94. The highest BCUT2D eigenvalue weighted by Gasteiger charge is 2.24. The maximum atomic E-state index is 11.3. The first-order valence-electron chi connectivity index (χ1n) is 5.80. The molecule has 1 aromatic heterocycles. The molecule has 1 heterocycles. The Morgan fingerprint density at radius 2 is 1.86 bits per heavy atom. The van der Waals surface area contributed by atoms with Crippen LogP contribution < -0.4 is 11.5 Å². The fourth-order valence-electron chi connectivity index (χ4n) is 1.92. The minimum Gasteiger partial charge on any atom is -0.395 e. The summed E-state index contributed by atoms with van der Waals surface area (Å²) in [6.45, 7) is 1.69. The van der Waals surface area contributed by atoms with Crippen molar-refractivity contribution in [3.8, 4) is 11.1 Å². The van der Waals surface area contributed by atoms with E-state index in [2.05, 4.69) is 0 Å². The molecule has 0 radical (unpaired) electrons. The van der Waals surface area contributed by atoms with Crippen LogP contribution in [-0.2, 0) is 0 Å². The monoisotopic (exact) mass is 289 g/mol. The maximum Gasteiger partial charge on any atom is 0.434 e. The van der Waals surface area contributed by atoms with Crippen LogP contribution in [0.25, 0.3) is 11.1 Å². The summed E-state index contributed by atoms with van der Waals surface area (Å²) in [6, 6.07) is 5.70. The Morgan fingerprint density at radius 1 is 1.19 bits per heavy atom. The van der Waals surface area contributed by atoms with Crippen molar-refractivity contribution in [1.82, 2.24) is 0 Å². The molecule has 0 atom stereocenters. The van der Waals surface area contributed by atoms with Gasteiger partial charge < -0.3 is 15.9 Å². The molecule has 0 aliphatic rings. The molecule has 4 N–H and O–H groups in total. The zero-order chi connectivity index (χ0) is 15.7. The number of nitrogens with zero attached hydrogens (tertiary/aromatic N) is 1. The number of rotatable bonds is 4. The van der Waals surface area contributed by atoms with Gasteiger partial charge in [-0.25, -0.2) is 0 Å². The summed E-state index contributed by atoms with van der Waals surface area (Å²) >= 11 is 0. The lowest BCUT2D eigenvalue weighted by molar-refractivity contribution is -0.402. The predicted octanol–water partition coefficient (Wildman–Crippen LogP) is 1.36. The largest absolute Gasteiger partial charge is 0.434 e. The molecule has 2 aromatic rings. The molecular weight excluding hydrogens is 278 g/mol. The van der Waals surface area contributed by atoms with Crippen LogP contribution in [0.3, 0.4) is 0 Å². The maximum absolute atomic E-state index is 11.3. The summed E-state index contributed by atoms with van der Waals surface area (Å²) in [4.78, 5) is 32.6. The summed E-state index contributed by atoms with van der Waals surface area (Å²) in [5, 5.41) is 10.7. The molecule has 8 nitrogen and oxygen atoms in total. The van der Waals surface area contributed by atoms with Crippen LogP contribution in [-0.4, -0.2) is 16.7 Å². The number of nitrogens with two attached hydrogens (primary N) is 2. The van der Waals surface area contributed by atoms with Gasteiger partial charge in [0.05, 0.1) is 6.07 Å². The van der Waals surface area contributed by atoms with Gasteiger partial charge in [-0.15, -0.1) is 0 Å². The van der Waals surface area contributed by atoms with E-state index in [0.29, 0.717) is 11.1 Å². The minimum absolute atomic E-state index is 0.136. The van der Waals surface area contributed by atoms with Gasteiger partial charge in [0.15, 0.2) is 0 Å². The molecule has 1 aromatic carbocycles. The van der Waals surface area contributed by atoms with Crippen molar-refractivity contribution in [1.29, 1.82) is 0 Å². The van der Waals surface area contributed by atoms with Gasteiger partial charge in [-0.2, -0.15) is 0 Å². The molecular formula is C13H11N3O5. The summed E-state index contributed by atoms with van der Waals surface area (Å²) in [7, 11) is 0. The van der Waals surface area contributed by atoms with Crippen LogP contribution in [0.15, 0.2) is 28.7 Å². The van der Waals surface area contributed by atoms with E-state index < -0.39 is 22.6 Å². The van der Waals surface area contributed by atoms with Crippen LogP contribution >= 0.6 is 0 Å². The molecule has 108 valence electrons. The Kier molecular flexibility index (Phi) is 3.45. The highest BCUT2D eigenvalue weighted by atomic mass is 16.6. The third-order valence-corrected chi connectivity index (χ3v) is 2.94. The Labute approximate surface area is 118 Å². The molecule has 0 spiro atoms. The summed E-state index contributed by atoms with van der Waals surface area (Å²) in [6.07, 6.45) is 0. The first-order chi connectivity index (χ1) is 9.81. The second kappa shape index (κ2) is 5.08. The van der Waals surface area contributed by atoms with Gasteiger partial charge in [0.25, 0.3) is 5.91 Å². The average Bonchev–Trinajstić information content (AvgIpc) is 2.84. The minimum atomic E-state index is -0.945. The predicted molar refractivity (Wildman–Crippen MR) is 72.6 cm³/mol. The van der Waals surface area contributed by atoms with Crippen molar-refractivity contribution < 1.29 is 18.9 Å². The number of carbonyl (C=O) groups is 2. The summed E-state index contributed by atoms with van der Waals surface area (Å²) in [5.74, 6) is -2.55. The Bertz CT molecular complexity index is 763. The van der Waals surface area contributed by atoms with Crippen LogP contribution in [0.4, 0.5) is 5.88 Å². The van der Waals surface area contributed by atoms with Gasteiger partial charge >= 0.3 is 5.88 Å². The van der Waals surface area contributed by atoms with E-state index in [-0.39, 0.29) is 16.9 Å². The normalized spacial score (nSPS) is 10.3. The number of primary amides is 2. The van der Waals surface area contributed by atoms with Crippen LogP contribution in [0.1, 0.15) is 26.5 Å². The zero-order valence-corrected chi connectivity index (χ0v) is 11.0. The number of aryl methyl sites for hydroxylation is 1. The summed E-state index contributed by atoms with van der Waals surface area (Å²) < 4.78 is 4.83. The second-order valence-electron chi connectivity index (χ2n) is 4.34. The molecule has 21 heavy (non-hydrogen) atoms. The van der Waals surface area contributed by atoms with Gasteiger partial charge in [0.1, 0.15) is 4.92 Å². The lowest BCUT2D eigenvalue weighted by Crippen LogP contribution is -2.13. The topological polar surface area (TPSA) is 142 Å². The van der Waals surface area contributed by atoms with Crippen molar-refractivity contribution in [2.45, 2.75) is 6.92 Å². The van der Waals surface area contributed by atoms with E-state index in [1.807, 2.05) is 0 Å². The van der Waals surface area contributed by atoms with Crippen LogP contribution in [0.2, 0.25) is 0 Å². The van der Waals surface area contributed by atoms with E-state index in [1.165, 1.54) is 6.07 Å². The molecule has 0 bridgehead atoms. The van der Waals surface area contributed by atoms with E-state index in [9.17, 15) is 19.7 Å². The quantitative estimate of drug-likeness (QED) is 0.645. The fourth-order valence-corrected chi connectivity index (χ4v) is 1.92. The lowest BCUT2D eigenvalue weighted by atomic mass is 9.99. The highest BCUT2D eigenvalue weighted by Crippen LogP contribution is 2.31. The molecule has 8 heteroatoms. The first kappa shape index (κ1) is 14.3. The van der Waals surface area contributed by atoms with Crippen molar-refractivity contribution in [3.63, 3.8) is 0 Å². The van der Waals surface area contributed by atoms with Crippen LogP contribution in [0, 0.1) is 17.0 Å². The molecule has 2 rings (SSSR count). The van der Waals surface area contributed by atoms with Gasteiger partial charge in [0.2, 0.25) is 11.7 Å². The van der Waals surface area contributed by atoms with Gasteiger partial charge in [-0.1, -0.05) is 12.1 Å². The average molecular weight is 289 g/mol. The van der Waals surface area contributed by atoms with Gasteiger partial charge in [-0.05, 0) is 24.1 Å². The molecule has 0 fully saturated rings. The van der Waals surface area contributed by atoms with Crippen molar-refractivity contribution in [2.24, 2.45) is 11.5 Å². The highest BCUT2D eigenvalue weighted by molar-refractivity contribution is 6.00. The molecule has 2 amide bonds. The van der Waals surface area contributed by atoms with Gasteiger partial charge in [0, 0.05) is 11.1 Å². The molecule has 0 aliphatic heterocycles. The van der Waals surface area contributed by atoms with E-state index in [0.717, 1.165) is 6.07 Å². The number of nitro groups is 1. The van der Waals surface area contributed by atoms with Crippen molar-refractivity contribution >= 4 is 17.7 Å². The Morgan fingerprint density at radius 3 is 2.38 bits per heavy atom. The Balaban J connectivity index is 2.66. The summed E-state index contributed by atoms with van der Waals surface area (Å²) in [5.41, 5.74) is 11.8. The van der Waals surface area contributed by atoms with Crippen molar-refractivity contribution in [2.75, 3.05) is 0 Å². The number of carbonyl (C=O) groups excluding carboxylic acids is 2. The number of amides is 2. The first-order valence-corrected chi connectivity index (χ1v) is 5.80. The van der Waals surface area contributed by atoms with E-state index >= 15 is 0 Å². The Hall–Kier alpha value is -3.16. The number of furan rings is 1. The van der Waals surface area contributed by atoms with Crippen molar-refractivity contribution in [3.05, 3.63) is 51.3 Å². The second-order valence-corrected chi connectivity index (χ2v) is 4.34. The number of benzene rings is 1. The fraction of sp³-hybridized carbons (Fsp3) is 0.0769. The smallest absolute Gasteiger partial charge is 0.395 e. The molecule has 0 saturated heterocycles. The van der Waals surface area contributed by atoms with Gasteiger partial charge in [-0.3, -0.25) is 19.7 Å². The zero-order valence-electron chi connectivity index (χ0n) is 11.0. The standard InChI is InChI=1S/C13H11N3O5/c1-6-2-3-7(4-8(6)12(14)17)9-5-10(16(19)20)21-11(9)13(15)18/h2-5H,1H3,(H2,14,17)(H2,15,18). The van der Waals surface area contributed by atoms with E-state index in [4.69, 9.17) is 15.9 Å².